The van der Waals surface area contributed by atoms with Gasteiger partial charge in [-0.05, 0) is 80.1 Å². The van der Waals surface area contributed by atoms with Crippen molar-refractivity contribution in [1.29, 1.82) is 0 Å². The van der Waals surface area contributed by atoms with Gasteiger partial charge in [-0.15, -0.1) is 0 Å². The van der Waals surface area contributed by atoms with Crippen LogP contribution in [-0.2, 0) is 14.8 Å². The van der Waals surface area contributed by atoms with E-state index in [9.17, 15) is 13.2 Å². The number of carbonyl (C=O) groups is 1. The molecule has 3 aromatic rings. The van der Waals surface area contributed by atoms with E-state index in [-0.39, 0.29) is 17.4 Å². The van der Waals surface area contributed by atoms with Crippen molar-refractivity contribution in [3.05, 3.63) is 77.3 Å². The molecule has 0 saturated heterocycles. The number of amides is 1. The van der Waals surface area contributed by atoms with Crippen LogP contribution in [0.2, 0.25) is 5.02 Å². The van der Waals surface area contributed by atoms with Crippen molar-refractivity contribution in [3.8, 4) is 11.5 Å². The number of sulfonamides is 1. The zero-order valence-corrected chi connectivity index (χ0v) is 19.2. The highest BCUT2D eigenvalue weighted by molar-refractivity contribution is 7.92. The minimum Gasteiger partial charge on any atom is -0.494 e. The van der Waals surface area contributed by atoms with E-state index in [1.165, 1.54) is 24.3 Å². The molecule has 32 heavy (non-hydrogen) atoms. The summed E-state index contributed by atoms with van der Waals surface area (Å²) in [6.45, 7) is 3.97. The third-order valence-electron chi connectivity index (χ3n) is 4.46. The van der Waals surface area contributed by atoms with Crippen molar-refractivity contribution in [1.82, 2.24) is 0 Å². The Kier molecular flexibility index (Phi) is 7.61. The molecule has 0 heterocycles. The number of hydrogen-bond donors (Lipinski definition) is 2. The highest BCUT2D eigenvalue weighted by Gasteiger charge is 2.15. The van der Waals surface area contributed by atoms with Crippen LogP contribution in [-0.4, -0.2) is 27.5 Å². The summed E-state index contributed by atoms with van der Waals surface area (Å²) in [5, 5.41) is 3.29. The largest absolute Gasteiger partial charge is 0.494 e. The third-order valence-corrected chi connectivity index (χ3v) is 6.27. The average Bonchev–Trinajstić information content (AvgIpc) is 2.77. The maximum Gasteiger partial charge on any atom is 0.262 e. The van der Waals surface area contributed by atoms with Crippen molar-refractivity contribution >= 4 is 38.9 Å². The van der Waals surface area contributed by atoms with E-state index in [2.05, 4.69) is 10.0 Å². The molecule has 0 aliphatic carbocycles. The molecule has 9 heteroatoms. The molecular formula is C23H23ClN2O5S. The molecule has 168 valence electrons. The van der Waals surface area contributed by atoms with Gasteiger partial charge in [0, 0.05) is 16.4 Å². The number of halogens is 1. The Bertz CT molecular complexity index is 1180. The van der Waals surface area contributed by atoms with Crippen LogP contribution in [0.3, 0.4) is 0 Å². The molecule has 0 aromatic heterocycles. The Morgan fingerprint density at radius 1 is 0.938 bits per heavy atom. The summed E-state index contributed by atoms with van der Waals surface area (Å²) >= 11 is 6.05. The van der Waals surface area contributed by atoms with Gasteiger partial charge < -0.3 is 14.8 Å². The fourth-order valence-electron chi connectivity index (χ4n) is 2.79. The van der Waals surface area contributed by atoms with Crippen LogP contribution < -0.4 is 19.5 Å². The van der Waals surface area contributed by atoms with E-state index in [1.807, 2.05) is 6.92 Å². The quantitative estimate of drug-likeness (QED) is 0.461. The van der Waals surface area contributed by atoms with Gasteiger partial charge in [-0.25, -0.2) is 8.42 Å². The maximum atomic E-state index is 12.6. The molecule has 0 bridgehead atoms. The molecule has 0 aliphatic rings. The normalized spacial score (nSPS) is 11.0. The van der Waals surface area contributed by atoms with E-state index in [1.54, 1.807) is 49.4 Å². The lowest BCUT2D eigenvalue weighted by molar-refractivity contribution is -0.118. The molecule has 1 amide bonds. The van der Waals surface area contributed by atoms with Crippen LogP contribution in [0.15, 0.2) is 71.6 Å². The summed E-state index contributed by atoms with van der Waals surface area (Å²) in [5.74, 6) is 0.665. The topological polar surface area (TPSA) is 93.7 Å². The summed E-state index contributed by atoms with van der Waals surface area (Å²) in [4.78, 5) is 12.2. The summed E-state index contributed by atoms with van der Waals surface area (Å²) < 4.78 is 38.5. The maximum absolute atomic E-state index is 12.6. The number of nitrogens with one attached hydrogen (secondary N) is 2. The van der Waals surface area contributed by atoms with Crippen molar-refractivity contribution in [2.75, 3.05) is 23.3 Å². The number of rotatable bonds is 9. The van der Waals surface area contributed by atoms with Gasteiger partial charge in [0.05, 0.1) is 11.5 Å². The molecule has 0 unspecified atom stereocenters. The fraction of sp³-hybridized carbons (Fsp3) is 0.174. The van der Waals surface area contributed by atoms with E-state index >= 15 is 0 Å². The van der Waals surface area contributed by atoms with Crippen molar-refractivity contribution in [3.63, 3.8) is 0 Å². The first-order valence-electron chi connectivity index (χ1n) is 9.82. The molecule has 0 radical (unpaired) electrons. The van der Waals surface area contributed by atoms with Crippen molar-refractivity contribution < 1.29 is 22.7 Å². The molecule has 0 saturated carbocycles. The van der Waals surface area contributed by atoms with Gasteiger partial charge >= 0.3 is 0 Å². The van der Waals surface area contributed by atoms with E-state index in [4.69, 9.17) is 21.1 Å². The number of benzene rings is 3. The van der Waals surface area contributed by atoms with Crippen molar-refractivity contribution in [2.45, 2.75) is 18.7 Å². The zero-order chi connectivity index (χ0) is 23.1. The lowest BCUT2D eigenvalue weighted by atomic mass is 10.2. The lowest BCUT2D eigenvalue weighted by Gasteiger charge is -2.11. The number of ether oxygens (including phenoxy) is 2. The second kappa shape index (κ2) is 10.4. The Morgan fingerprint density at radius 2 is 1.56 bits per heavy atom. The summed E-state index contributed by atoms with van der Waals surface area (Å²) in [6.07, 6.45) is 0. The van der Waals surface area contributed by atoms with Gasteiger partial charge in [-0.3, -0.25) is 9.52 Å². The summed E-state index contributed by atoms with van der Waals surface area (Å²) in [5.41, 5.74) is 1.78. The molecule has 0 fully saturated rings. The Labute approximate surface area is 192 Å². The number of anilines is 2. The molecule has 3 rings (SSSR count). The second-order valence-corrected chi connectivity index (χ2v) is 8.87. The van der Waals surface area contributed by atoms with Gasteiger partial charge in [-0.2, -0.15) is 0 Å². The van der Waals surface area contributed by atoms with Crippen molar-refractivity contribution in [2.24, 2.45) is 0 Å². The van der Waals surface area contributed by atoms with Crippen LogP contribution in [0.1, 0.15) is 12.5 Å². The molecule has 0 spiro atoms. The highest BCUT2D eigenvalue weighted by atomic mass is 35.5. The van der Waals surface area contributed by atoms with Crippen LogP contribution in [0.25, 0.3) is 0 Å². The SMILES string of the molecule is CCOc1ccc(NS(=O)(=O)c2ccc(OCC(=O)Nc3cccc(Cl)c3C)cc2)cc1. The van der Waals surface area contributed by atoms with E-state index < -0.39 is 10.0 Å². The van der Waals surface area contributed by atoms with E-state index in [0.717, 1.165) is 5.56 Å². The molecular weight excluding hydrogens is 452 g/mol. The molecule has 0 atom stereocenters. The smallest absolute Gasteiger partial charge is 0.262 e. The first-order chi connectivity index (χ1) is 15.3. The van der Waals surface area contributed by atoms with Crippen LogP contribution in [0, 0.1) is 6.92 Å². The molecule has 7 nitrogen and oxygen atoms in total. The van der Waals surface area contributed by atoms with Gasteiger partial charge in [0.1, 0.15) is 11.5 Å². The standard InChI is InChI=1S/C23H23ClN2O5S/c1-3-30-18-9-7-17(8-10-18)26-32(28,29)20-13-11-19(12-14-20)31-15-23(27)25-22-6-4-5-21(24)16(22)2/h4-14,26H,3,15H2,1-2H3,(H,25,27). The number of carbonyl (C=O) groups excluding carboxylic acids is 1. The fourth-order valence-corrected chi connectivity index (χ4v) is 4.03. The third kappa shape index (κ3) is 6.15. The van der Waals surface area contributed by atoms with Gasteiger partial charge in [0.15, 0.2) is 6.61 Å². The van der Waals surface area contributed by atoms with Crippen LogP contribution >= 0.6 is 11.6 Å². The predicted octanol–water partition coefficient (Wildman–Crippen LogP) is 4.87. The van der Waals surface area contributed by atoms with Gasteiger partial charge in [0.25, 0.3) is 15.9 Å². The Morgan fingerprint density at radius 3 is 2.22 bits per heavy atom. The highest BCUT2D eigenvalue weighted by Crippen LogP contribution is 2.23. The van der Waals surface area contributed by atoms with Gasteiger partial charge in [0.2, 0.25) is 0 Å². The minimum absolute atomic E-state index is 0.0674. The van der Waals surface area contributed by atoms with Crippen LogP contribution in [0.5, 0.6) is 11.5 Å². The lowest BCUT2D eigenvalue weighted by Crippen LogP contribution is -2.20. The van der Waals surface area contributed by atoms with E-state index in [0.29, 0.717) is 34.5 Å². The zero-order valence-electron chi connectivity index (χ0n) is 17.6. The summed E-state index contributed by atoms with van der Waals surface area (Å²) in [6, 6.07) is 17.7. The molecule has 3 aromatic carbocycles. The Balaban J connectivity index is 1.57. The second-order valence-electron chi connectivity index (χ2n) is 6.78. The molecule has 0 aliphatic heterocycles. The molecule has 2 N–H and O–H groups in total. The number of hydrogen-bond acceptors (Lipinski definition) is 5. The first-order valence-corrected chi connectivity index (χ1v) is 11.7. The van der Waals surface area contributed by atoms with Gasteiger partial charge in [-0.1, -0.05) is 17.7 Å². The monoisotopic (exact) mass is 474 g/mol. The Hall–Kier alpha value is -3.23. The predicted molar refractivity (Wildman–Crippen MR) is 125 cm³/mol. The first kappa shape index (κ1) is 23.4. The van der Waals surface area contributed by atoms with Crippen LogP contribution in [0.4, 0.5) is 11.4 Å². The minimum atomic E-state index is -3.77. The summed E-state index contributed by atoms with van der Waals surface area (Å²) in [7, 11) is -3.77. The average molecular weight is 475 g/mol.